The van der Waals surface area contributed by atoms with E-state index in [-0.39, 0.29) is 11.6 Å². The van der Waals surface area contributed by atoms with Gasteiger partial charge < -0.3 is 15.1 Å². The largest absolute Gasteiger partial charge is 0.354 e. The highest BCUT2D eigenvalue weighted by atomic mass is 19.2. The Balaban J connectivity index is 1.73. The van der Waals surface area contributed by atoms with Crippen molar-refractivity contribution >= 4 is 17.5 Å². The normalized spacial score (nSPS) is 14.8. The molecule has 1 aliphatic heterocycles. The molecule has 150 valence electrons. The van der Waals surface area contributed by atoms with Crippen molar-refractivity contribution in [3.63, 3.8) is 0 Å². The Morgan fingerprint density at radius 2 is 1.59 bits per heavy atom. The zero-order chi connectivity index (χ0) is 20.4. The highest BCUT2D eigenvalue weighted by Gasteiger charge is 2.19. The van der Waals surface area contributed by atoms with Crippen molar-refractivity contribution in [2.75, 3.05) is 43.4 Å². The summed E-state index contributed by atoms with van der Waals surface area (Å²) in [6.45, 7) is 3.37. The molecule has 1 fully saturated rings. The lowest BCUT2D eigenvalue weighted by molar-refractivity contribution is 0.312. The molecule has 0 radical (unpaired) electrons. The van der Waals surface area contributed by atoms with Gasteiger partial charge in [0, 0.05) is 37.8 Å². The topological polar surface area (TPSA) is 44.3 Å². The fourth-order valence-electron chi connectivity index (χ4n) is 3.19. The molecular weight excluding hydrogens is 379 g/mol. The van der Waals surface area contributed by atoms with Crippen LogP contribution in [0.5, 0.6) is 0 Å². The Bertz CT molecular complexity index is 1000. The standard InChI is InChI=1S/C21H20F3N5/c1-28-9-11-29(12-10-28)18-13-17(14-5-3-2-4-6-14)26-21(27-18)25-16-8-7-15(22)19(23)20(16)24/h2-8,13H,9-12H2,1H3,(H,25,26,27). The van der Waals surface area contributed by atoms with Crippen LogP contribution in [0.15, 0.2) is 48.5 Å². The molecule has 0 atom stereocenters. The molecule has 0 bridgehead atoms. The number of nitrogens with zero attached hydrogens (tertiary/aromatic N) is 4. The minimum atomic E-state index is -1.53. The average Bonchev–Trinajstić information content (AvgIpc) is 2.75. The third-order valence-electron chi connectivity index (χ3n) is 4.89. The minimum absolute atomic E-state index is 0.116. The van der Waals surface area contributed by atoms with Gasteiger partial charge in [-0.25, -0.2) is 18.2 Å². The smallest absolute Gasteiger partial charge is 0.229 e. The SMILES string of the molecule is CN1CCN(c2cc(-c3ccccc3)nc(Nc3ccc(F)c(F)c3F)n2)CC1. The fraction of sp³-hybridized carbons (Fsp3) is 0.238. The molecule has 1 aromatic heterocycles. The van der Waals surface area contributed by atoms with Crippen molar-refractivity contribution < 1.29 is 13.2 Å². The van der Waals surface area contributed by atoms with Crippen molar-refractivity contribution in [3.05, 3.63) is 66.0 Å². The summed E-state index contributed by atoms with van der Waals surface area (Å²) in [5.74, 6) is -3.28. The van der Waals surface area contributed by atoms with Crippen LogP contribution < -0.4 is 10.2 Å². The molecule has 0 amide bonds. The van der Waals surface area contributed by atoms with E-state index in [1.54, 1.807) is 0 Å². The number of anilines is 3. The van der Waals surface area contributed by atoms with Crippen LogP contribution in [0, 0.1) is 17.5 Å². The van der Waals surface area contributed by atoms with Gasteiger partial charge in [-0.05, 0) is 19.2 Å². The van der Waals surface area contributed by atoms with Gasteiger partial charge >= 0.3 is 0 Å². The van der Waals surface area contributed by atoms with E-state index in [0.29, 0.717) is 11.5 Å². The molecule has 1 aliphatic rings. The van der Waals surface area contributed by atoms with E-state index in [1.807, 2.05) is 36.4 Å². The molecule has 2 heterocycles. The second-order valence-corrected chi connectivity index (χ2v) is 6.94. The Labute approximate surface area is 166 Å². The maximum atomic E-state index is 14.1. The molecule has 8 heteroatoms. The van der Waals surface area contributed by atoms with E-state index in [4.69, 9.17) is 0 Å². The van der Waals surface area contributed by atoms with Gasteiger partial charge in [0.15, 0.2) is 17.5 Å². The lowest BCUT2D eigenvalue weighted by Crippen LogP contribution is -2.44. The molecule has 29 heavy (non-hydrogen) atoms. The van der Waals surface area contributed by atoms with Crippen molar-refractivity contribution in [2.45, 2.75) is 0 Å². The molecule has 0 spiro atoms. The van der Waals surface area contributed by atoms with Gasteiger partial charge in [0.25, 0.3) is 0 Å². The molecule has 0 unspecified atom stereocenters. The van der Waals surface area contributed by atoms with Crippen LogP contribution in [0.2, 0.25) is 0 Å². The summed E-state index contributed by atoms with van der Waals surface area (Å²) in [6.07, 6.45) is 0. The molecule has 5 nitrogen and oxygen atoms in total. The summed E-state index contributed by atoms with van der Waals surface area (Å²) in [5, 5.41) is 2.70. The second-order valence-electron chi connectivity index (χ2n) is 6.94. The van der Waals surface area contributed by atoms with E-state index in [0.717, 1.165) is 43.9 Å². The first-order valence-electron chi connectivity index (χ1n) is 9.30. The van der Waals surface area contributed by atoms with Gasteiger partial charge in [0.1, 0.15) is 5.82 Å². The monoisotopic (exact) mass is 399 g/mol. The summed E-state index contributed by atoms with van der Waals surface area (Å²) in [7, 11) is 2.06. The molecule has 1 N–H and O–H groups in total. The average molecular weight is 399 g/mol. The molecule has 1 saturated heterocycles. The highest BCUT2D eigenvalue weighted by molar-refractivity contribution is 5.66. The molecular formula is C21H20F3N5. The number of likely N-dealkylation sites (N-methyl/N-ethyl adjacent to an activating group) is 1. The summed E-state index contributed by atoms with van der Waals surface area (Å²) in [6, 6.07) is 13.4. The van der Waals surface area contributed by atoms with Gasteiger partial charge in [-0.1, -0.05) is 30.3 Å². The predicted octanol–water partition coefficient (Wildman–Crippen LogP) is 4.06. The fourth-order valence-corrected chi connectivity index (χ4v) is 3.19. The zero-order valence-electron chi connectivity index (χ0n) is 15.9. The van der Waals surface area contributed by atoms with E-state index < -0.39 is 17.5 Å². The van der Waals surface area contributed by atoms with Crippen molar-refractivity contribution in [1.82, 2.24) is 14.9 Å². The van der Waals surface area contributed by atoms with Gasteiger partial charge in [0.2, 0.25) is 5.95 Å². The van der Waals surface area contributed by atoms with Crippen LogP contribution in [0.25, 0.3) is 11.3 Å². The third kappa shape index (κ3) is 4.17. The minimum Gasteiger partial charge on any atom is -0.354 e. The summed E-state index contributed by atoms with van der Waals surface area (Å²) in [4.78, 5) is 13.3. The zero-order valence-corrected chi connectivity index (χ0v) is 15.9. The van der Waals surface area contributed by atoms with Gasteiger partial charge in [-0.2, -0.15) is 4.98 Å². The van der Waals surface area contributed by atoms with Crippen molar-refractivity contribution in [2.24, 2.45) is 0 Å². The lowest BCUT2D eigenvalue weighted by Gasteiger charge is -2.33. The Morgan fingerprint density at radius 1 is 0.862 bits per heavy atom. The van der Waals surface area contributed by atoms with Crippen LogP contribution >= 0.6 is 0 Å². The van der Waals surface area contributed by atoms with Gasteiger partial charge in [-0.3, -0.25) is 0 Å². The first kappa shape index (κ1) is 19.2. The van der Waals surface area contributed by atoms with Crippen LogP contribution in [0.1, 0.15) is 0 Å². The van der Waals surface area contributed by atoms with E-state index in [1.165, 1.54) is 0 Å². The number of piperazine rings is 1. The van der Waals surface area contributed by atoms with E-state index in [2.05, 4.69) is 32.1 Å². The van der Waals surface area contributed by atoms with Gasteiger partial charge in [0.05, 0.1) is 11.4 Å². The molecule has 3 aromatic rings. The molecule has 0 aliphatic carbocycles. The third-order valence-corrected chi connectivity index (χ3v) is 4.89. The first-order valence-corrected chi connectivity index (χ1v) is 9.30. The summed E-state index contributed by atoms with van der Waals surface area (Å²) >= 11 is 0. The summed E-state index contributed by atoms with van der Waals surface area (Å²) in [5.41, 5.74) is 1.30. The molecule has 2 aromatic carbocycles. The number of hydrogen-bond donors (Lipinski definition) is 1. The van der Waals surface area contributed by atoms with E-state index in [9.17, 15) is 13.2 Å². The number of hydrogen-bond acceptors (Lipinski definition) is 5. The highest BCUT2D eigenvalue weighted by Crippen LogP contribution is 2.27. The summed E-state index contributed by atoms with van der Waals surface area (Å²) < 4.78 is 41.0. The van der Waals surface area contributed by atoms with E-state index >= 15 is 0 Å². The van der Waals surface area contributed by atoms with Crippen molar-refractivity contribution in [3.8, 4) is 11.3 Å². The van der Waals surface area contributed by atoms with Crippen LogP contribution in [0.4, 0.5) is 30.6 Å². The quantitative estimate of drug-likeness (QED) is 0.671. The van der Waals surface area contributed by atoms with Crippen LogP contribution in [-0.2, 0) is 0 Å². The molecule has 4 rings (SSSR count). The van der Waals surface area contributed by atoms with Crippen molar-refractivity contribution in [1.29, 1.82) is 0 Å². The Morgan fingerprint density at radius 3 is 2.31 bits per heavy atom. The Kier molecular flexibility index (Phi) is 5.35. The number of benzene rings is 2. The number of halogens is 3. The van der Waals surface area contributed by atoms with Crippen LogP contribution in [-0.4, -0.2) is 48.1 Å². The maximum absolute atomic E-state index is 14.1. The Hall–Kier alpha value is -3.13. The number of nitrogens with one attached hydrogen (secondary N) is 1. The van der Waals surface area contributed by atoms with Crippen LogP contribution in [0.3, 0.4) is 0 Å². The number of rotatable bonds is 4. The first-order chi connectivity index (χ1) is 14.0. The number of aromatic nitrogens is 2. The van der Waals surface area contributed by atoms with Gasteiger partial charge in [-0.15, -0.1) is 0 Å². The lowest BCUT2D eigenvalue weighted by atomic mass is 10.1. The second kappa shape index (κ2) is 8.08. The predicted molar refractivity (Wildman–Crippen MR) is 107 cm³/mol. The molecule has 0 saturated carbocycles. The maximum Gasteiger partial charge on any atom is 0.229 e.